The predicted molar refractivity (Wildman–Crippen MR) is 80.1 cm³/mol. The summed E-state index contributed by atoms with van der Waals surface area (Å²) < 4.78 is 5.27. The maximum atomic E-state index is 12.1. The van der Waals surface area contributed by atoms with Crippen molar-refractivity contribution in [1.29, 1.82) is 0 Å². The van der Waals surface area contributed by atoms with Crippen LogP contribution in [-0.4, -0.2) is 29.1 Å². The molecule has 6 heteroatoms. The average molecular weight is 306 g/mol. The van der Waals surface area contributed by atoms with Crippen LogP contribution in [0.25, 0.3) is 10.8 Å². The van der Waals surface area contributed by atoms with E-state index in [1.807, 2.05) is 6.07 Å². The van der Waals surface area contributed by atoms with Crippen LogP contribution >= 0.6 is 11.3 Å². The molecule has 0 aliphatic heterocycles. The van der Waals surface area contributed by atoms with Gasteiger partial charge in [-0.2, -0.15) is 0 Å². The lowest BCUT2D eigenvalue weighted by atomic mass is 9.97. The van der Waals surface area contributed by atoms with Crippen molar-refractivity contribution in [2.75, 3.05) is 13.2 Å². The fourth-order valence-corrected chi connectivity index (χ4v) is 3.59. The first kappa shape index (κ1) is 14.3. The third kappa shape index (κ3) is 3.16. The normalized spacial score (nSPS) is 21.6. The number of carbonyl (C=O) groups is 1. The summed E-state index contributed by atoms with van der Waals surface area (Å²) in [4.78, 5) is 16.4. The summed E-state index contributed by atoms with van der Waals surface area (Å²) in [5.41, 5.74) is 0.421. The number of rotatable bonds is 5. The zero-order valence-corrected chi connectivity index (χ0v) is 12.4. The van der Waals surface area contributed by atoms with Crippen LogP contribution in [0.4, 0.5) is 0 Å². The highest BCUT2D eigenvalue weighted by Gasteiger charge is 2.27. The number of hydrogen-bond acceptors (Lipinski definition) is 5. The first-order valence-electron chi connectivity index (χ1n) is 7.16. The third-order valence-electron chi connectivity index (χ3n) is 4.04. The molecule has 1 aliphatic rings. The Morgan fingerprint density at radius 1 is 1.48 bits per heavy atom. The molecule has 2 aromatic heterocycles. The molecule has 0 aromatic carbocycles. The van der Waals surface area contributed by atoms with Crippen molar-refractivity contribution < 1.29 is 14.3 Å². The number of carbonyl (C=O) groups excluding carboxylic acids is 1. The number of aliphatic hydroxyl groups excluding tert-OH is 1. The Hall–Kier alpha value is -1.66. The summed E-state index contributed by atoms with van der Waals surface area (Å²) in [7, 11) is 0. The highest BCUT2D eigenvalue weighted by Crippen LogP contribution is 2.30. The summed E-state index contributed by atoms with van der Waals surface area (Å²) in [6.07, 6.45) is 4.84. The Morgan fingerprint density at radius 3 is 3.10 bits per heavy atom. The van der Waals surface area contributed by atoms with Gasteiger partial charge in [-0.1, -0.05) is 6.42 Å². The molecule has 2 aromatic rings. The second kappa shape index (κ2) is 6.41. The van der Waals surface area contributed by atoms with E-state index >= 15 is 0 Å². The Balaban J connectivity index is 1.58. The minimum atomic E-state index is -0.160. The molecule has 1 aliphatic carbocycles. The highest BCUT2D eigenvalue weighted by atomic mass is 32.1. The Morgan fingerprint density at radius 2 is 2.33 bits per heavy atom. The second-order valence-electron chi connectivity index (χ2n) is 5.36. The van der Waals surface area contributed by atoms with Crippen LogP contribution in [0.15, 0.2) is 28.2 Å². The van der Waals surface area contributed by atoms with Gasteiger partial charge in [-0.3, -0.25) is 4.79 Å². The number of hydrogen-bond donors (Lipinski definition) is 2. The molecule has 1 saturated carbocycles. The summed E-state index contributed by atoms with van der Waals surface area (Å²) in [5.74, 6) is 1.21. The summed E-state index contributed by atoms with van der Waals surface area (Å²) >= 11 is 1.39. The SMILES string of the molecule is O=C(NCC1CCCC1CO)c1csc(-c2ccco2)n1. The molecule has 0 saturated heterocycles. The lowest BCUT2D eigenvalue weighted by molar-refractivity contribution is 0.0933. The van der Waals surface area contributed by atoms with Crippen molar-refractivity contribution in [2.24, 2.45) is 11.8 Å². The zero-order chi connectivity index (χ0) is 14.7. The zero-order valence-electron chi connectivity index (χ0n) is 11.6. The van der Waals surface area contributed by atoms with Crippen LogP contribution in [0.3, 0.4) is 0 Å². The molecule has 0 spiro atoms. The lowest BCUT2D eigenvalue weighted by Gasteiger charge is -2.17. The van der Waals surface area contributed by atoms with Gasteiger partial charge >= 0.3 is 0 Å². The molecule has 21 heavy (non-hydrogen) atoms. The van der Waals surface area contributed by atoms with E-state index in [0.717, 1.165) is 19.3 Å². The van der Waals surface area contributed by atoms with E-state index in [-0.39, 0.29) is 12.5 Å². The molecule has 112 valence electrons. The van der Waals surface area contributed by atoms with Crippen molar-refractivity contribution in [1.82, 2.24) is 10.3 Å². The van der Waals surface area contributed by atoms with Gasteiger partial charge in [-0.15, -0.1) is 11.3 Å². The van der Waals surface area contributed by atoms with Gasteiger partial charge in [0.05, 0.1) is 6.26 Å². The molecule has 1 fully saturated rings. The van der Waals surface area contributed by atoms with Gasteiger partial charge in [0.2, 0.25) is 0 Å². The van der Waals surface area contributed by atoms with E-state index in [1.54, 1.807) is 17.7 Å². The molecular weight excluding hydrogens is 288 g/mol. The second-order valence-corrected chi connectivity index (χ2v) is 6.22. The molecule has 2 atom stereocenters. The van der Waals surface area contributed by atoms with E-state index in [1.165, 1.54) is 11.3 Å². The molecule has 2 heterocycles. The minimum absolute atomic E-state index is 0.160. The van der Waals surface area contributed by atoms with Crippen molar-refractivity contribution >= 4 is 17.2 Å². The van der Waals surface area contributed by atoms with Crippen LogP contribution in [0.1, 0.15) is 29.8 Å². The van der Waals surface area contributed by atoms with Crippen LogP contribution in [0.2, 0.25) is 0 Å². The number of amides is 1. The third-order valence-corrected chi connectivity index (χ3v) is 4.90. The van der Waals surface area contributed by atoms with Crippen molar-refractivity contribution in [3.05, 3.63) is 29.5 Å². The smallest absolute Gasteiger partial charge is 0.270 e. The van der Waals surface area contributed by atoms with E-state index < -0.39 is 0 Å². The van der Waals surface area contributed by atoms with Crippen LogP contribution in [-0.2, 0) is 0 Å². The fourth-order valence-electron chi connectivity index (χ4n) is 2.83. The van der Waals surface area contributed by atoms with Crippen molar-refractivity contribution in [3.8, 4) is 10.8 Å². The maximum absolute atomic E-state index is 12.1. The average Bonchev–Trinajstić information content (AvgIpc) is 3.24. The maximum Gasteiger partial charge on any atom is 0.270 e. The van der Waals surface area contributed by atoms with Gasteiger partial charge < -0.3 is 14.8 Å². The molecular formula is C15H18N2O3S. The predicted octanol–water partition coefficient (Wildman–Crippen LogP) is 2.54. The van der Waals surface area contributed by atoms with Gasteiger partial charge in [0.1, 0.15) is 5.69 Å². The van der Waals surface area contributed by atoms with Crippen LogP contribution in [0, 0.1) is 11.8 Å². The quantitative estimate of drug-likeness (QED) is 0.890. The standard InChI is InChI=1S/C15H18N2O3S/c18-8-11-4-1-3-10(11)7-16-14(19)12-9-21-15(17-12)13-5-2-6-20-13/h2,5-6,9-11,18H,1,3-4,7-8H2,(H,16,19). The van der Waals surface area contributed by atoms with Crippen LogP contribution in [0.5, 0.6) is 0 Å². The summed E-state index contributed by atoms with van der Waals surface area (Å²) in [6.45, 7) is 0.817. The van der Waals surface area contributed by atoms with Gasteiger partial charge in [0.25, 0.3) is 5.91 Å². The van der Waals surface area contributed by atoms with Crippen molar-refractivity contribution in [2.45, 2.75) is 19.3 Å². The number of thiazole rings is 1. The molecule has 0 radical (unpaired) electrons. The number of furan rings is 1. The molecule has 3 rings (SSSR count). The van der Waals surface area contributed by atoms with E-state index in [9.17, 15) is 9.90 Å². The minimum Gasteiger partial charge on any atom is -0.462 e. The highest BCUT2D eigenvalue weighted by molar-refractivity contribution is 7.13. The van der Waals surface area contributed by atoms with E-state index in [2.05, 4.69) is 10.3 Å². The monoisotopic (exact) mass is 306 g/mol. The fraction of sp³-hybridized carbons (Fsp3) is 0.467. The van der Waals surface area contributed by atoms with Crippen molar-refractivity contribution in [3.63, 3.8) is 0 Å². The van der Waals surface area contributed by atoms with Gasteiger partial charge in [-0.05, 0) is 36.8 Å². The van der Waals surface area contributed by atoms with E-state index in [4.69, 9.17) is 4.42 Å². The summed E-state index contributed by atoms with van der Waals surface area (Å²) in [5, 5.41) is 14.7. The topological polar surface area (TPSA) is 75.4 Å². The molecule has 0 bridgehead atoms. The number of nitrogens with one attached hydrogen (secondary N) is 1. The number of aromatic nitrogens is 1. The van der Waals surface area contributed by atoms with Gasteiger partial charge in [0, 0.05) is 18.5 Å². The Labute approximate surface area is 127 Å². The summed E-state index contributed by atoms with van der Waals surface area (Å²) in [6, 6.07) is 3.62. The van der Waals surface area contributed by atoms with Crippen LogP contribution < -0.4 is 5.32 Å². The largest absolute Gasteiger partial charge is 0.462 e. The molecule has 1 amide bonds. The number of nitrogens with zero attached hydrogens (tertiary/aromatic N) is 1. The van der Waals surface area contributed by atoms with E-state index in [0.29, 0.717) is 34.8 Å². The number of aliphatic hydroxyl groups is 1. The molecule has 2 unspecified atom stereocenters. The van der Waals surface area contributed by atoms with Gasteiger partial charge in [0.15, 0.2) is 10.8 Å². The first-order valence-corrected chi connectivity index (χ1v) is 8.04. The lowest BCUT2D eigenvalue weighted by Crippen LogP contribution is -2.31. The van der Waals surface area contributed by atoms with Gasteiger partial charge in [-0.25, -0.2) is 4.98 Å². The molecule has 2 N–H and O–H groups in total. The first-order chi connectivity index (χ1) is 10.3. The Bertz CT molecular complexity index is 594. The Kier molecular flexibility index (Phi) is 4.36. The molecule has 5 nitrogen and oxygen atoms in total.